The second kappa shape index (κ2) is 8.02. The minimum Gasteiger partial charge on any atom is -0.339 e. The molecule has 30 heavy (non-hydrogen) atoms. The molecular weight excluding hydrogens is 419 g/mol. The molecule has 6 rings (SSSR count). The van der Waals surface area contributed by atoms with Gasteiger partial charge in [-0.25, -0.2) is 0 Å². The molecule has 1 aromatic rings. The van der Waals surface area contributed by atoms with Crippen molar-refractivity contribution >= 4 is 35.0 Å². The van der Waals surface area contributed by atoms with E-state index in [1.807, 2.05) is 17.0 Å². The van der Waals surface area contributed by atoms with Crippen molar-refractivity contribution in [3.63, 3.8) is 0 Å². The van der Waals surface area contributed by atoms with Crippen molar-refractivity contribution in [3.05, 3.63) is 33.8 Å². The normalized spacial score (nSPS) is 32.5. The number of hydrogen-bond acceptors (Lipinski definition) is 2. The Labute approximate surface area is 188 Å². The van der Waals surface area contributed by atoms with Crippen molar-refractivity contribution in [2.75, 3.05) is 26.2 Å². The molecule has 0 spiro atoms. The lowest BCUT2D eigenvalue weighted by Crippen LogP contribution is -2.58. The quantitative estimate of drug-likeness (QED) is 0.662. The molecule has 0 N–H and O–H groups in total. The number of carbonyl (C=O) groups excluding carboxylic acids is 2. The predicted molar refractivity (Wildman–Crippen MR) is 119 cm³/mol. The third kappa shape index (κ3) is 3.86. The molecule has 1 aromatic carbocycles. The zero-order valence-corrected chi connectivity index (χ0v) is 18.9. The standard InChI is InChI=1S/C24H30Cl2N2O2/c25-20-3-1-19(21(26)12-20)2-4-22(29)27-5-7-28(8-6-27)23(30)24-13-16-9-17(14-24)11-18(10-16)15-24/h1,3,12,16-18H,2,4-11,13-15H2. The first-order chi connectivity index (χ1) is 14.4. The Morgan fingerprint density at radius 1 is 0.900 bits per heavy atom. The van der Waals surface area contributed by atoms with Crippen molar-refractivity contribution in [2.24, 2.45) is 23.2 Å². The summed E-state index contributed by atoms with van der Waals surface area (Å²) in [7, 11) is 0. The van der Waals surface area contributed by atoms with E-state index in [0.29, 0.717) is 55.0 Å². The van der Waals surface area contributed by atoms with Crippen LogP contribution in [-0.2, 0) is 16.0 Å². The first kappa shape index (κ1) is 20.6. The molecule has 0 radical (unpaired) electrons. The van der Waals surface area contributed by atoms with E-state index in [-0.39, 0.29) is 11.3 Å². The van der Waals surface area contributed by atoms with E-state index >= 15 is 0 Å². The number of amides is 2. The van der Waals surface area contributed by atoms with Crippen LogP contribution in [0.2, 0.25) is 10.0 Å². The first-order valence-electron chi connectivity index (χ1n) is 11.4. The van der Waals surface area contributed by atoms with Gasteiger partial charge in [0.25, 0.3) is 0 Å². The van der Waals surface area contributed by atoms with Gasteiger partial charge in [-0.1, -0.05) is 29.3 Å². The number of piperazine rings is 1. The fourth-order valence-electron chi connectivity index (χ4n) is 6.99. The second-order valence-electron chi connectivity index (χ2n) is 10.1. The van der Waals surface area contributed by atoms with Crippen LogP contribution in [0.15, 0.2) is 18.2 Å². The molecule has 0 atom stereocenters. The van der Waals surface area contributed by atoms with Gasteiger partial charge in [0, 0.05) is 42.6 Å². The number of halogens is 2. The van der Waals surface area contributed by atoms with Crippen LogP contribution in [0.1, 0.15) is 50.5 Å². The maximum absolute atomic E-state index is 13.5. The molecule has 4 bridgehead atoms. The Morgan fingerprint density at radius 2 is 1.47 bits per heavy atom. The van der Waals surface area contributed by atoms with Gasteiger partial charge >= 0.3 is 0 Å². The highest BCUT2D eigenvalue weighted by Crippen LogP contribution is 2.60. The summed E-state index contributed by atoms with van der Waals surface area (Å²) in [6.07, 6.45) is 8.44. The van der Waals surface area contributed by atoms with E-state index in [2.05, 4.69) is 4.90 Å². The van der Waals surface area contributed by atoms with Crippen LogP contribution < -0.4 is 0 Å². The van der Waals surface area contributed by atoms with Crippen LogP contribution in [0.4, 0.5) is 0 Å². The molecule has 4 saturated carbocycles. The molecule has 5 aliphatic rings. The molecule has 5 fully saturated rings. The molecule has 0 aromatic heterocycles. The van der Waals surface area contributed by atoms with Crippen molar-refractivity contribution in [1.82, 2.24) is 9.80 Å². The highest BCUT2D eigenvalue weighted by atomic mass is 35.5. The average Bonchev–Trinajstić information content (AvgIpc) is 2.71. The summed E-state index contributed by atoms with van der Waals surface area (Å²) in [4.78, 5) is 30.2. The molecule has 1 heterocycles. The molecule has 6 heteroatoms. The number of carbonyl (C=O) groups is 2. The topological polar surface area (TPSA) is 40.6 Å². The Balaban J connectivity index is 1.14. The molecule has 4 nitrogen and oxygen atoms in total. The van der Waals surface area contributed by atoms with Gasteiger partial charge in [-0.05, 0) is 80.4 Å². The first-order valence-corrected chi connectivity index (χ1v) is 12.2. The third-order valence-corrected chi connectivity index (χ3v) is 8.62. The Bertz CT molecular complexity index is 812. The maximum Gasteiger partial charge on any atom is 0.228 e. The molecular formula is C24H30Cl2N2O2. The van der Waals surface area contributed by atoms with Gasteiger partial charge in [0.15, 0.2) is 0 Å². The van der Waals surface area contributed by atoms with Gasteiger partial charge < -0.3 is 9.80 Å². The van der Waals surface area contributed by atoms with Crippen LogP contribution in [0.5, 0.6) is 0 Å². The van der Waals surface area contributed by atoms with Gasteiger partial charge in [-0.15, -0.1) is 0 Å². The van der Waals surface area contributed by atoms with E-state index in [0.717, 1.165) is 42.6 Å². The lowest BCUT2D eigenvalue weighted by Gasteiger charge is -2.57. The summed E-state index contributed by atoms with van der Waals surface area (Å²) in [6.45, 7) is 2.64. The van der Waals surface area contributed by atoms with Gasteiger partial charge in [0.05, 0.1) is 5.41 Å². The van der Waals surface area contributed by atoms with Crippen LogP contribution >= 0.6 is 23.2 Å². The van der Waals surface area contributed by atoms with Crippen LogP contribution in [0, 0.1) is 23.2 Å². The molecule has 0 unspecified atom stereocenters. The fourth-order valence-corrected chi connectivity index (χ4v) is 7.49. The van der Waals surface area contributed by atoms with E-state index in [1.54, 1.807) is 6.07 Å². The number of hydrogen-bond donors (Lipinski definition) is 0. The Hall–Kier alpha value is -1.26. The summed E-state index contributed by atoms with van der Waals surface area (Å²) in [5, 5.41) is 1.22. The summed E-state index contributed by atoms with van der Waals surface area (Å²) < 4.78 is 0. The van der Waals surface area contributed by atoms with Crippen molar-refractivity contribution in [2.45, 2.75) is 51.4 Å². The number of nitrogens with zero attached hydrogens (tertiary/aromatic N) is 2. The minimum absolute atomic E-state index is 0.0771. The third-order valence-electron chi connectivity index (χ3n) is 8.03. The minimum atomic E-state index is -0.0771. The summed E-state index contributed by atoms with van der Waals surface area (Å²) in [5.41, 5.74) is 0.872. The lowest BCUT2D eigenvalue weighted by molar-refractivity contribution is -0.160. The number of rotatable bonds is 4. The monoisotopic (exact) mass is 448 g/mol. The van der Waals surface area contributed by atoms with Crippen LogP contribution in [0.25, 0.3) is 0 Å². The van der Waals surface area contributed by atoms with Crippen LogP contribution in [-0.4, -0.2) is 47.8 Å². The van der Waals surface area contributed by atoms with Crippen molar-refractivity contribution in [1.29, 1.82) is 0 Å². The largest absolute Gasteiger partial charge is 0.339 e. The number of benzene rings is 1. The molecule has 2 amide bonds. The summed E-state index contributed by atoms with van der Waals surface area (Å²) in [5.74, 6) is 2.87. The van der Waals surface area contributed by atoms with E-state index in [9.17, 15) is 9.59 Å². The van der Waals surface area contributed by atoms with Gasteiger partial charge in [0.2, 0.25) is 11.8 Å². The summed E-state index contributed by atoms with van der Waals surface area (Å²) in [6, 6.07) is 5.42. The molecule has 1 saturated heterocycles. The average molecular weight is 449 g/mol. The highest BCUT2D eigenvalue weighted by Gasteiger charge is 2.55. The van der Waals surface area contributed by atoms with Gasteiger partial charge in [-0.2, -0.15) is 0 Å². The van der Waals surface area contributed by atoms with Crippen molar-refractivity contribution in [3.8, 4) is 0 Å². The van der Waals surface area contributed by atoms with E-state index < -0.39 is 0 Å². The SMILES string of the molecule is O=C(CCc1ccc(Cl)cc1Cl)N1CCN(C(=O)C23CC4CC(CC(C4)C2)C3)CC1. The zero-order valence-electron chi connectivity index (χ0n) is 17.4. The maximum atomic E-state index is 13.5. The lowest BCUT2D eigenvalue weighted by atomic mass is 9.49. The van der Waals surface area contributed by atoms with Gasteiger partial charge in [-0.3, -0.25) is 9.59 Å². The highest BCUT2D eigenvalue weighted by molar-refractivity contribution is 6.35. The molecule has 1 aliphatic heterocycles. The Morgan fingerprint density at radius 3 is 2.03 bits per heavy atom. The Kier molecular flexibility index (Phi) is 5.51. The smallest absolute Gasteiger partial charge is 0.228 e. The number of aryl methyl sites for hydroxylation is 1. The van der Waals surface area contributed by atoms with Crippen LogP contribution in [0.3, 0.4) is 0 Å². The van der Waals surface area contributed by atoms with Crippen molar-refractivity contribution < 1.29 is 9.59 Å². The summed E-state index contributed by atoms with van der Waals surface area (Å²) >= 11 is 12.2. The van der Waals surface area contributed by atoms with E-state index in [1.165, 1.54) is 19.3 Å². The molecule has 162 valence electrons. The molecule has 4 aliphatic carbocycles. The zero-order chi connectivity index (χ0) is 20.9. The second-order valence-corrected chi connectivity index (χ2v) is 11.0. The predicted octanol–water partition coefficient (Wildman–Crippen LogP) is 4.81. The van der Waals surface area contributed by atoms with Gasteiger partial charge in [0.1, 0.15) is 0 Å². The van der Waals surface area contributed by atoms with E-state index in [4.69, 9.17) is 23.2 Å². The fraction of sp³-hybridized carbons (Fsp3) is 0.667.